The van der Waals surface area contributed by atoms with Gasteiger partial charge in [-0.1, -0.05) is 12.1 Å². The largest absolute Gasteiger partial charge is 0.501 e. The summed E-state index contributed by atoms with van der Waals surface area (Å²) in [6.07, 6.45) is 1.07. The molecular weight excluding hydrogens is 429 g/mol. The number of carbonyl (C=O) groups excluding carboxylic acids is 1. The van der Waals surface area contributed by atoms with Crippen molar-refractivity contribution in [2.45, 2.75) is 19.1 Å². The third-order valence-corrected chi connectivity index (χ3v) is 6.54. The van der Waals surface area contributed by atoms with Crippen molar-refractivity contribution in [3.05, 3.63) is 57.5 Å². The molecule has 1 aromatic heterocycles. The first-order chi connectivity index (χ1) is 14.5. The fourth-order valence-corrected chi connectivity index (χ4v) is 3.68. The summed E-state index contributed by atoms with van der Waals surface area (Å²) in [6.45, 7) is 0.732. The lowest BCUT2D eigenvalue weighted by Gasteiger charge is -2.36. The molecule has 10 nitrogen and oxygen atoms in total. The summed E-state index contributed by atoms with van der Waals surface area (Å²) in [5.41, 5.74) is -0.589. The second kappa shape index (κ2) is 8.73. The molecule has 0 radical (unpaired) electrons. The lowest BCUT2D eigenvalue weighted by Crippen LogP contribution is -2.46. The molecule has 2 N–H and O–H groups in total. The fourth-order valence-electron chi connectivity index (χ4n) is 3.27. The summed E-state index contributed by atoms with van der Waals surface area (Å²) in [7, 11) is -0.304. The maximum Gasteiger partial charge on any atom is 0.296 e. The highest BCUT2D eigenvalue weighted by Crippen LogP contribution is 2.25. The number of likely N-dealkylation sites (N-methyl/N-ethyl adjacent to an activating group) is 2. The molecule has 0 fully saturated rings. The number of nitrogens with one attached hydrogen (secondary N) is 1. The molecule has 0 saturated heterocycles. The van der Waals surface area contributed by atoms with Crippen molar-refractivity contribution in [3.8, 4) is 5.75 Å². The standard InChI is InChI=1S/C19H24FN5O5S/c1-23-8-9-25-17(14(23)11-24(2)31(3,29)30)22-15(16(26)19(25)28)18(27)21-10-12-4-6-13(20)7-5-12/h4-7,14,26H,8-11H2,1-3H3,(H,21,27). The number of sulfonamides is 1. The molecule has 0 bridgehead atoms. The Morgan fingerprint density at radius 2 is 1.97 bits per heavy atom. The fraction of sp³-hybridized carbons (Fsp3) is 0.421. The molecule has 0 aliphatic carbocycles. The minimum absolute atomic E-state index is 0.0171. The Bertz CT molecular complexity index is 1150. The zero-order chi connectivity index (χ0) is 22.9. The Morgan fingerprint density at radius 3 is 2.58 bits per heavy atom. The van der Waals surface area contributed by atoms with Crippen LogP contribution in [0.15, 0.2) is 29.1 Å². The summed E-state index contributed by atoms with van der Waals surface area (Å²) in [6, 6.07) is 4.90. The second-order valence-corrected chi connectivity index (χ2v) is 9.56. The van der Waals surface area contributed by atoms with Gasteiger partial charge in [0.25, 0.3) is 11.5 Å². The van der Waals surface area contributed by atoms with Crippen LogP contribution in [0.3, 0.4) is 0 Å². The number of aromatic nitrogens is 2. The van der Waals surface area contributed by atoms with E-state index in [4.69, 9.17) is 0 Å². The Labute approximate surface area is 179 Å². The van der Waals surface area contributed by atoms with Gasteiger partial charge in [-0.05, 0) is 24.7 Å². The van der Waals surface area contributed by atoms with Crippen molar-refractivity contribution >= 4 is 15.9 Å². The molecule has 1 aliphatic heterocycles. The van der Waals surface area contributed by atoms with Crippen LogP contribution in [-0.4, -0.2) is 71.6 Å². The predicted octanol–water partition coefficient (Wildman–Crippen LogP) is -0.104. The van der Waals surface area contributed by atoms with Crippen LogP contribution in [0, 0.1) is 5.82 Å². The molecule has 1 aliphatic rings. The van der Waals surface area contributed by atoms with Crippen LogP contribution in [0.1, 0.15) is 27.9 Å². The van der Waals surface area contributed by atoms with E-state index in [1.54, 1.807) is 7.05 Å². The molecule has 2 aromatic rings. The van der Waals surface area contributed by atoms with E-state index in [0.717, 1.165) is 10.6 Å². The molecule has 1 atom stereocenters. The zero-order valence-corrected chi connectivity index (χ0v) is 18.2. The number of amides is 1. The number of rotatable bonds is 6. The monoisotopic (exact) mass is 453 g/mol. The Morgan fingerprint density at radius 1 is 1.32 bits per heavy atom. The Balaban J connectivity index is 1.92. The van der Waals surface area contributed by atoms with E-state index < -0.39 is 44.8 Å². The third-order valence-electron chi connectivity index (χ3n) is 5.26. The van der Waals surface area contributed by atoms with Crippen molar-refractivity contribution in [1.82, 2.24) is 24.1 Å². The molecule has 168 valence electrons. The van der Waals surface area contributed by atoms with Gasteiger partial charge in [0.15, 0.2) is 5.69 Å². The highest BCUT2D eigenvalue weighted by atomic mass is 32.2. The maximum atomic E-state index is 13.0. The van der Waals surface area contributed by atoms with Gasteiger partial charge in [-0.25, -0.2) is 22.1 Å². The van der Waals surface area contributed by atoms with Crippen molar-refractivity contribution < 1.29 is 22.7 Å². The van der Waals surface area contributed by atoms with Crippen molar-refractivity contribution in [1.29, 1.82) is 0 Å². The van der Waals surface area contributed by atoms with E-state index in [-0.39, 0.29) is 25.5 Å². The topological polar surface area (TPSA) is 125 Å². The molecule has 1 unspecified atom stereocenters. The summed E-state index contributed by atoms with van der Waals surface area (Å²) >= 11 is 0. The van der Waals surface area contributed by atoms with Gasteiger partial charge in [-0.2, -0.15) is 0 Å². The van der Waals surface area contributed by atoms with Crippen LogP contribution < -0.4 is 10.9 Å². The predicted molar refractivity (Wildman–Crippen MR) is 111 cm³/mol. The van der Waals surface area contributed by atoms with E-state index in [0.29, 0.717) is 12.1 Å². The smallest absolute Gasteiger partial charge is 0.296 e. The van der Waals surface area contributed by atoms with Crippen molar-refractivity contribution in [3.63, 3.8) is 0 Å². The first-order valence-corrected chi connectivity index (χ1v) is 11.3. The van der Waals surface area contributed by atoms with E-state index in [9.17, 15) is 27.5 Å². The number of aromatic hydroxyl groups is 1. The summed E-state index contributed by atoms with van der Waals surface area (Å²) in [4.78, 5) is 31.4. The summed E-state index contributed by atoms with van der Waals surface area (Å²) < 4.78 is 39.1. The third kappa shape index (κ3) is 4.92. The lowest BCUT2D eigenvalue weighted by molar-refractivity contribution is 0.0938. The minimum atomic E-state index is -3.48. The minimum Gasteiger partial charge on any atom is -0.501 e. The number of hydrogen-bond acceptors (Lipinski definition) is 7. The molecule has 0 spiro atoms. The van der Waals surface area contributed by atoms with Crippen LogP contribution in [0.5, 0.6) is 5.75 Å². The molecule has 0 saturated carbocycles. The maximum absolute atomic E-state index is 13.0. The number of hydrogen-bond donors (Lipinski definition) is 2. The van der Waals surface area contributed by atoms with Gasteiger partial charge in [0, 0.05) is 33.2 Å². The van der Waals surface area contributed by atoms with Gasteiger partial charge < -0.3 is 10.4 Å². The molecular formula is C19H24FN5O5S. The normalized spacial score (nSPS) is 16.9. The number of halogens is 1. The second-order valence-electron chi connectivity index (χ2n) is 7.47. The average Bonchev–Trinajstić information content (AvgIpc) is 2.71. The van der Waals surface area contributed by atoms with Gasteiger partial charge in [0.05, 0.1) is 12.3 Å². The lowest BCUT2D eigenvalue weighted by atomic mass is 10.1. The number of fused-ring (bicyclic) bond motifs is 1. The van der Waals surface area contributed by atoms with Gasteiger partial charge >= 0.3 is 0 Å². The van der Waals surface area contributed by atoms with Crippen molar-refractivity contribution in [2.75, 3.05) is 33.4 Å². The van der Waals surface area contributed by atoms with Crippen molar-refractivity contribution in [2.24, 2.45) is 0 Å². The highest BCUT2D eigenvalue weighted by molar-refractivity contribution is 7.88. The highest BCUT2D eigenvalue weighted by Gasteiger charge is 2.33. The van der Waals surface area contributed by atoms with E-state index in [1.165, 1.54) is 35.9 Å². The van der Waals surface area contributed by atoms with Crippen LogP contribution in [-0.2, 0) is 23.1 Å². The summed E-state index contributed by atoms with van der Waals surface area (Å²) in [5.74, 6) is -1.77. The van der Waals surface area contributed by atoms with Gasteiger partial charge in [0.2, 0.25) is 15.8 Å². The average molecular weight is 453 g/mol. The molecule has 1 amide bonds. The Kier molecular flexibility index (Phi) is 6.43. The van der Waals surface area contributed by atoms with Gasteiger partial charge in [0.1, 0.15) is 11.6 Å². The summed E-state index contributed by atoms with van der Waals surface area (Å²) in [5, 5.41) is 12.8. The van der Waals surface area contributed by atoms with E-state index in [2.05, 4.69) is 10.3 Å². The molecule has 2 heterocycles. The Hall–Kier alpha value is -2.83. The van der Waals surface area contributed by atoms with E-state index >= 15 is 0 Å². The SMILES string of the molecule is CN1CCn2c(nc(C(=O)NCc3ccc(F)cc3)c(O)c2=O)C1CN(C)S(C)(=O)=O. The molecule has 3 rings (SSSR count). The number of benzene rings is 1. The first-order valence-electron chi connectivity index (χ1n) is 9.47. The quantitative estimate of drug-likeness (QED) is 0.626. The van der Waals surface area contributed by atoms with Gasteiger partial charge in [-0.3, -0.25) is 19.1 Å². The number of carbonyl (C=O) groups is 1. The zero-order valence-electron chi connectivity index (χ0n) is 17.4. The van der Waals surface area contributed by atoms with Crippen LogP contribution in [0.2, 0.25) is 0 Å². The van der Waals surface area contributed by atoms with Crippen LogP contribution in [0.25, 0.3) is 0 Å². The van der Waals surface area contributed by atoms with Crippen LogP contribution >= 0.6 is 0 Å². The van der Waals surface area contributed by atoms with E-state index in [1.807, 2.05) is 4.90 Å². The van der Waals surface area contributed by atoms with Gasteiger partial charge in [-0.15, -0.1) is 0 Å². The molecule has 1 aromatic carbocycles. The first kappa shape index (κ1) is 22.8. The number of nitrogens with zero attached hydrogens (tertiary/aromatic N) is 4. The van der Waals surface area contributed by atoms with Crippen LogP contribution in [0.4, 0.5) is 4.39 Å². The molecule has 31 heavy (non-hydrogen) atoms. The molecule has 12 heteroatoms.